The average Bonchev–Trinajstić information content (AvgIpc) is 2.89. The number of hydrogen-bond acceptors (Lipinski definition) is 5. The van der Waals surface area contributed by atoms with Crippen LogP contribution in [0.25, 0.3) is 0 Å². The van der Waals surface area contributed by atoms with Crippen molar-refractivity contribution in [1.82, 2.24) is 14.7 Å². The van der Waals surface area contributed by atoms with E-state index >= 15 is 0 Å². The van der Waals surface area contributed by atoms with E-state index in [1.54, 1.807) is 4.90 Å². The number of carbonyl (C=O) groups excluding carboxylic acids is 2. The van der Waals surface area contributed by atoms with Gasteiger partial charge in [0.2, 0.25) is 5.91 Å². The van der Waals surface area contributed by atoms with Gasteiger partial charge in [0.25, 0.3) is 5.91 Å². The largest absolute Gasteiger partial charge is 0.390 e. The predicted molar refractivity (Wildman–Crippen MR) is 137 cm³/mol. The van der Waals surface area contributed by atoms with Crippen molar-refractivity contribution in [3.63, 3.8) is 0 Å². The molecular formula is C28H36N4O3. The van der Waals surface area contributed by atoms with Gasteiger partial charge in [-0.25, -0.2) is 0 Å². The number of anilines is 1. The van der Waals surface area contributed by atoms with Crippen LogP contribution in [0.4, 0.5) is 5.69 Å². The summed E-state index contributed by atoms with van der Waals surface area (Å²) in [5, 5.41) is 10.8. The smallest absolute Gasteiger partial charge is 0.254 e. The molecule has 1 fully saturated rings. The van der Waals surface area contributed by atoms with Gasteiger partial charge in [-0.15, -0.1) is 0 Å². The van der Waals surface area contributed by atoms with Gasteiger partial charge < -0.3 is 19.8 Å². The molecule has 1 atom stereocenters. The normalized spacial score (nSPS) is 19.4. The van der Waals surface area contributed by atoms with Gasteiger partial charge in [0.15, 0.2) is 0 Å². The molecular weight excluding hydrogens is 440 g/mol. The molecule has 5 rings (SSSR count). The van der Waals surface area contributed by atoms with Crippen LogP contribution in [-0.2, 0) is 24.2 Å². The first-order valence-electron chi connectivity index (χ1n) is 12.9. The second-order valence-corrected chi connectivity index (χ2v) is 9.97. The molecule has 3 aliphatic heterocycles. The van der Waals surface area contributed by atoms with Crippen LogP contribution in [0.15, 0.2) is 42.5 Å². The molecule has 7 heteroatoms. The van der Waals surface area contributed by atoms with Gasteiger partial charge in [0.1, 0.15) is 0 Å². The first-order chi connectivity index (χ1) is 17.0. The Morgan fingerprint density at radius 1 is 0.914 bits per heavy atom. The fourth-order valence-electron chi connectivity index (χ4n) is 5.65. The van der Waals surface area contributed by atoms with Gasteiger partial charge in [-0.2, -0.15) is 0 Å². The Balaban J connectivity index is 1.16. The minimum atomic E-state index is -0.563. The average molecular weight is 477 g/mol. The number of aliphatic hydroxyl groups excluding tert-OH is 1. The molecule has 0 unspecified atom stereocenters. The summed E-state index contributed by atoms with van der Waals surface area (Å²) in [5.74, 6) is 0.229. The van der Waals surface area contributed by atoms with Crippen molar-refractivity contribution in [2.75, 3.05) is 57.3 Å². The van der Waals surface area contributed by atoms with E-state index in [4.69, 9.17) is 0 Å². The monoisotopic (exact) mass is 476 g/mol. The molecule has 0 bridgehead atoms. The van der Waals surface area contributed by atoms with Crippen LogP contribution in [0.3, 0.4) is 0 Å². The van der Waals surface area contributed by atoms with E-state index in [9.17, 15) is 14.7 Å². The summed E-state index contributed by atoms with van der Waals surface area (Å²) in [4.78, 5) is 33.5. The van der Waals surface area contributed by atoms with Crippen LogP contribution < -0.4 is 4.90 Å². The number of carbonyl (C=O) groups is 2. The molecule has 3 aliphatic rings. The number of amides is 2. The van der Waals surface area contributed by atoms with E-state index in [1.807, 2.05) is 24.0 Å². The third-order valence-corrected chi connectivity index (χ3v) is 7.67. The van der Waals surface area contributed by atoms with E-state index in [1.165, 1.54) is 11.1 Å². The lowest BCUT2D eigenvalue weighted by atomic mass is 9.97. The minimum Gasteiger partial charge on any atom is -0.390 e. The summed E-state index contributed by atoms with van der Waals surface area (Å²) in [6, 6.07) is 14.6. The number of nitrogens with zero attached hydrogens (tertiary/aromatic N) is 4. The van der Waals surface area contributed by atoms with Crippen molar-refractivity contribution >= 4 is 17.5 Å². The number of hydrogen-bond donors (Lipinski definition) is 1. The second-order valence-electron chi connectivity index (χ2n) is 9.97. The molecule has 2 aromatic carbocycles. The zero-order chi connectivity index (χ0) is 24.4. The SMILES string of the molecule is CCC(=O)N1CCN(c2ccc3c(c2)CCN(C[C@H](O)CN2CCc4ccccc4C2)C3=O)CC1. The van der Waals surface area contributed by atoms with Crippen LogP contribution in [0, 0.1) is 0 Å². The Kier molecular flexibility index (Phi) is 7.07. The molecule has 0 spiro atoms. The van der Waals surface area contributed by atoms with Gasteiger partial charge in [-0.05, 0) is 47.7 Å². The molecule has 0 saturated carbocycles. The number of fused-ring (bicyclic) bond motifs is 2. The summed E-state index contributed by atoms with van der Waals surface area (Å²) in [7, 11) is 0. The fourth-order valence-corrected chi connectivity index (χ4v) is 5.65. The van der Waals surface area contributed by atoms with Crippen LogP contribution in [0.2, 0.25) is 0 Å². The number of aliphatic hydroxyl groups is 1. The van der Waals surface area contributed by atoms with Crippen molar-refractivity contribution in [3.8, 4) is 0 Å². The molecule has 1 saturated heterocycles. The third-order valence-electron chi connectivity index (χ3n) is 7.67. The van der Waals surface area contributed by atoms with Gasteiger partial charge in [-0.1, -0.05) is 31.2 Å². The zero-order valence-corrected chi connectivity index (χ0v) is 20.7. The maximum Gasteiger partial charge on any atom is 0.254 e. The fraction of sp³-hybridized carbons (Fsp3) is 0.500. The summed E-state index contributed by atoms with van der Waals surface area (Å²) in [5.41, 5.74) is 5.69. The van der Waals surface area contributed by atoms with Crippen LogP contribution in [0.5, 0.6) is 0 Å². The molecule has 2 amide bonds. The molecule has 0 aromatic heterocycles. The minimum absolute atomic E-state index is 0.0131. The topological polar surface area (TPSA) is 67.3 Å². The first kappa shape index (κ1) is 23.8. The standard InChI is InChI=1S/C28H36N4O3/c1-2-27(34)31-15-13-30(14-16-31)24-7-8-26-22(17-24)10-12-32(28(26)35)20-25(33)19-29-11-9-21-5-3-4-6-23(21)18-29/h3-8,17,25,33H,2,9-16,18-20H2,1H3/t25-/m1/s1. The van der Waals surface area contributed by atoms with Crippen LogP contribution >= 0.6 is 0 Å². The van der Waals surface area contributed by atoms with E-state index in [0.717, 1.165) is 68.9 Å². The van der Waals surface area contributed by atoms with Crippen molar-refractivity contribution < 1.29 is 14.7 Å². The summed E-state index contributed by atoms with van der Waals surface area (Å²) in [6.45, 7) is 8.41. The molecule has 3 heterocycles. The van der Waals surface area contributed by atoms with Crippen molar-refractivity contribution in [2.24, 2.45) is 0 Å². The highest BCUT2D eigenvalue weighted by molar-refractivity contribution is 5.97. The maximum absolute atomic E-state index is 13.2. The van der Waals surface area contributed by atoms with E-state index in [2.05, 4.69) is 40.1 Å². The lowest BCUT2D eigenvalue weighted by Crippen LogP contribution is -2.48. The molecule has 186 valence electrons. The third kappa shape index (κ3) is 5.21. The molecule has 35 heavy (non-hydrogen) atoms. The summed E-state index contributed by atoms with van der Waals surface area (Å²) in [6.07, 6.45) is 1.79. The molecule has 7 nitrogen and oxygen atoms in total. The van der Waals surface area contributed by atoms with Gasteiger partial charge in [0.05, 0.1) is 6.10 Å². The van der Waals surface area contributed by atoms with Crippen molar-refractivity contribution in [3.05, 3.63) is 64.7 Å². The number of β-amino-alcohol motifs (C(OH)–C–C–N with tert-alkyl or cyclic N) is 1. The van der Waals surface area contributed by atoms with Crippen LogP contribution in [-0.4, -0.2) is 90.1 Å². The van der Waals surface area contributed by atoms with Gasteiger partial charge >= 0.3 is 0 Å². The number of piperazine rings is 1. The van der Waals surface area contributed by atoms with E-state index in [0.29, 0.717) is 26.1 Å². The van der Waals surface area contributed by atoms with Gasteiger partial charge in [-0.3, -0.25) is 14.5 Å². The highest BCUT2D eigenvalue weighted by Gasteiger charge is 2.28. The van der Waals surface area contributed by atoms with Crippen molar-refractivity contribution in [1.29, 1.82) is 0 Å². The maximum atomic E-state index is 13.2. The lowest BCUT2D eigenvalue weighted by molar-refractivity contribution is -0.131. The van der Waals surface area contributed by atoms with Gasteiger partial charge in [0, 0.05) is 76.6 Å². The molecule has 1 N–H and O–H groups in total. The second kappa shape index (κ2) is 10.4. The molecule has 2 aromatic rings. The summed E-state index contributed by atoms with van der Waals surface area (Å²) < 4.78 is 0. The number of rotatable bonds is 6. The van der Waals surface area contributed by atoms with Crippen LogP contribution in [0.1, 0.15) is 40.4 Å². The quantitative estimate of drug-likeness (QED) is 0.692. The Labute approximate surface area is 207 Å². The Hall–Kier alpha value is -2.90. The Morgan fingerprint density at radius 3 is 2.43 bits per heavy atom. The number of benzene rings is 2. The Morgan fingerprint density at radius 2 is 1.66 bits per heavy atom. The molecule has 0 radical (unpaired) electrons. The molecule has 0 aliphatic carbocycles. The van der Waals surface area contributed by atoms with Crippen molar-refractivity contribution in [2.45, 2.75) is 38.8 Å². The predicted octanol–water partition coefficient (Wildman–Crippen LogP) is 2.16. The first-order valence-corrected chi connectivity index (χ1v) is 12.9. The Bertz CT molecular complexity index is 1080. The zero-order valence-electron chi connectivity index (χ0n) is 20.7. The van der Waals surface area contributed by atoms with E-state index < -0.39 is 6.10 Å². The highest BCUT2D eigenvalue weighted by Crippen LogP contribution is 2.26. The highest BCUT2D eigenvalue weighted by atomic mass is 16.3. The lowest BCUT2D eigenvalue weighted by Gasteiger charge is -2.37. The summed E-state index contributed by atoms with van der Waals surface area (Å²) >= 11 is 0. The van der Waals surface area contributed by atoms with E-state index in [-0.39, 0.29) is 11.8 Å².